The topological polar surface area (TPSA) is 29.5 Å². The number of nitrogens with zero attached hydrogens (tertiary/aromatic N) is 1. The third-order valence-corrected chi connectivity index (χ3v) is 2.77. The van der Waals surface area contributed by atoms with Crippen molar-refractivity contribution in [1.29, 1.82) is 0 Å². The van der Waals surface area contributed by atoms with Gasteiger partial charge in [0.25, 0.3) is 0 Å². The molecule has 1 saturated heterocycles. The van der Waals surface area contributed by atoms with Crippen LogP contribution >= 0.6 is 15.9 Å². The van der Waals surface area contributed by atoms with Gasteiger partial charge in [-0.1, -0.05) is 15.9 Å². The van der Waals surface area contributed by atoms with Crippen LogP contribution in [0.1, 0.15) is 20.3 Å². The second-order valence-electron chi connectivity index (χ2n) is 3.59. The highest BCUT2D eigenvalue weighted by atomic mass is 79.9. The van der Waals surface area contributed by atoms with E-state index in [9.17, 15) is 4.79 Å². The van der Waals surface area contributed by atoms with Gasteiger partial charge in [-0.25, -0.2) is 0 Å². The maximum absolute atomic E-state index is 11.5. The van der Waals surface area contributed by atoms with Crippen LogP contribution in [0.25, 0.3) is 0 Å². The summed E-state index contributed by atoms with van der Waals surface area (Å²) in [5.74, 6) is 0.107. The lowest BCUT2D eigenvalue weighted by molar-refractivity contribution is -0.136. The van der Waals surface area contributed by atoms with Gasteiger partial charge in [-0.05, 0) is 20.3 Å². The number of hydrogen-bond acceptors (Lipinski definition) is 2. The highest BCUT2D eigenvalue weighted by molar-refractivity contribution is 9.09. The minimum Gasteiger partial charge on any atom is -0.369 e. The van der Waals surface area contributed by atoms with E-state index < -0.39 is 0 Å². The molecule has 0 spiro atoms. The molecule has 3 nitrogen and oxygen atoms in total. The van der Waals surface area contributed by atoms with Crippen LogP contribution in [0, 0.1) is 0 Å². The van der Waals surface area contributed by atoms with E-state index in [4.69, 9.17) is 4.74 Å². The van der Waals surface area contributed by atoms with Crippen LogP contribution in [0.3, 0.4) is 0 Å². The average Bonchev–Trinajstić information content (AvgIpc) is 2.47. The molecule has 4 heteroatoms. The predicted octanol–water partition coefficient (Wildman–Crippen LogP) is 1.41. The summed E-state index contributed by atoms with van der Waals surface area (Å²) in [4.78, 5) is 13.8. The monoisotopic (exact) mass is 249 g/mol. The van der Waals surface area contributed by atoms with Gasteiger partial charge >= 0.3 is 0 Å². The molecule has 0 N–H and O–H groups in total. The summed E-state index contributed by atoms with van der Waals surface area (Å²) in [6, 6.07) is 0. The second kappa shape index (κ2) is 4.96. The van der Waals surface area contributed by atoms with Crippen molar-refractivity contribution in [3.63, 3.8) is 0 Å². The quantitative estimate of drug-likeness (QED) is 0.709. The Hall–Kier alpha value is -0.0900. The first-order valence-corrected chi connectivity index (χ1v) is 5.54. The van der Waals surface area contributed by atoms with Crippen LogP contribution in [0.5, 0.6) is 0 Å². The van der Waals surface area contributed by atoms with E-state index in [-0.39, 0.29) is 18.6 Å². The number of carbonyl (C=O) groups is 1. The summed E-state index contributed by atoms with van der Waals surface area (Å²) in [5.41, 5.74) is 0. The standard InChI is InChI=1S/C9H16BrNO2/c1-7(2)13-6-9(12)11-4-3-8(10)5-11/h7-8H,3-6H2,1-2H3. The van der Waals surface area contributed by atoms with Crippen LogP contribution < -0.4 is 0 Å². The highest BCUT2D eigenvalue weighted by Gasteiger charge is 2.24. The van der Waals surface area contributed by atoms with E-state index in [1.54, 1.807) is 0 Å². The van der Waals surface area contributed by atoms with E-state index >= 15 is 0 Å². The molecule has 1 amide bonds. The molecule has 0 saturated carbocycles. The third kappa shape index (κ3) is 3.65. The van der Waals surface area contributed by atoms with Crippen molar-refractivity contribution in [3.8, 4) is 0 Å². The number of carbonyl (C=O) groups excluding carboxylic acids is 1. The van der Waals surface area contributed by atoms with Crippen molar-refractivity contribution in [2.75, 3.05) is 19.7 Å². The van der Waals surface area contributed by atoms with Gasteiger partial charge in [0.1, 0.15) is 6.61 Å². The van der Waals surface area contributed by atoms with E-state index in [0.29, 0.717) is 4.83 Å². The summed E-state index contributed by atoms with van der Waals surface area (Å²) in [6.45, 7) is 5.77. The molecule has 0 bridgehead atoms. The highest BCUT2D eigenvalue weighted by Crippen LogP contribution is 2.16. The first-order valence-electron chi connectivity index (χ1n) is 4.63. The zero-order chi connectivity index (χ0) is 9.84. The molecule has 0 aliphatic carbocycles. The van der Waals surface area contributed by atoms with Crippen LogP contribution in [0.15, 0.2) is 0 Å². The average molecular weight is 250 g/mol. The van der Waals surface area contributed by atoms with Gasteiger partial charge in [-0.2, -0.15) is 0 Å². The molecule has 0 aromatic heterocycles. The van der Waals surface area contributed by atoms with Crippen molar-refractivity contribution < 1.29 is 9.53 Å². The van der Waals surface area contributed by atoms with Crippen LogP contribution in [0.2, 0.25) is 0 Å². The number of hydrogen-bond donors (Lipinski definition) is 0. The molecule has 0 aromatic carbocycles. The van der Waals surface area contributed by atoms with Gasteiger partial charge in [0.15, 0.2) is 0 Å². The number of halogens is 1. The molecule has 1 heterocycles. The Morgan fingerprint density at radius 2 is 2.38 bits per heavy atom. The van der Waals surface area contributed by atoms with Gasteiger partial charge < -0.3 is 9.64 Å². The van der Waals surface area contributed by atoms with Crippen LogP contribution in [0.4, 0.5) is 0 Å². The molecule has 1 aliphatic rings. The SMILES string of the molecule is CC(C)OCC(=O)N1CCC(Br)C1. The summed E-state index contributed by atoms with van der Waals surface area (Å²) in [7, 11) is 0. The molecule has 76 valence electrons. The maximum Gasteiger partial charge on any atom is 0.248 e. The first kappa shape index (κ1) is 11.0. The summed E-state index contributed by atoms with van der Waals surface area (Å²) in [6.07, 6.45) is 1.18. The van der Waals surface area contributed by atoms with Gasteiger partial charge in [-0.15, -0.1) is 0 Å². The summed E-state index contributed by atoms with van der Waals surface area (Å²) < 4.78 is 5.24. The van der Waals surface area contributed by atoms with Gasteiger partial charge in [-0.3, -0.25) is 4.79 Å². The van der Waals surface area contributed by atoms with Crippen molar-refractivity contribution in [3.05, 3.63) is 0 Å². The molecule has 13 heavy (non-hydrogen) atoms. The number of likely N-dealkylation sites (tertiary alicyclic amines) is 1. The normalized spacial score (nSPS) is 22.8. The maximum atomic E-state index is 11.5. The fourth-order valence-electron chi connectivity index (χ4n) is 1.27. The largest absolute Gasteiger partial charge is 0.369 e. The number of rotatable bonds is 3. The van der Waals surface area contributed by atoms with Crippen LogP contribution in [-0.2, 0) is 9.53 Å². The number of amides is 1. The lowest BCUT2D eigenvalue weighted by Gasteiger charge is -2.16. The van der Waals surface area contributed by atoms with E-state index in [1.807, 2.05) is 18.7 Å². The molecular weight excluding hydrogens is 234 g/mol. The van der Waals surface area contributed by atoms with E-state index in [1.165, 1.54) is 0 Å². The zero-order valence-electron chi connectivity index (χ0n) is 8.12. The summed E-state index contributed by atoms with van der Waals surface area (Å²) in [5, 5.41) is 0. The molecule has 1 aliphatic heterocycles. The minimum atomic E-state index is 0.107. The smallest absolute Gasteiger partial charge is 0.248 e. The zero-order valence-corrected chi connectivity index (χ0v) is 9.71. The van der Waals surface area contributed by atoms with Crippen molar-refractivity contribution in [2.24, 2.45) is 0 Å². The van der Waals surface area contributed by atoms with Gasteiger partial charge in [0.2, 0.25) is 5.91 Å². The summed E-state index contributed by atoms with van der Waals surface area (Å²) >= 11 is 3.49. The fourth-order valence-corrected chi connectivity index (χ4v) is 1.83. The Bertz CT molecular complexity index is 184. The number of alkyl halides is 1. The molecule has 0 aromatic rings. The van der Waals surface area contributed by atoms with Crippen molar-refractivity contribution in [2.45, 2.75) is 31.2 Å². The third-order valence-electron chi connectivity index (χ3n) is 2.02. The van der Waals surface area contributed by atoms with E-state index in [2.05, 4.69) is 15.9 Å². The first-order chi connectivity index (χ1) is 6.09. The Morgan fingerprint density at radius 1 is 1.69 bits per heavy atom. The van der Waals surface area contributed by atoms with Gasteiger partial charge in [0, 0.05) is 17.9 Å². The molecule has 1 unspecified atom stereocenters. The van der Waals surface area contributed by atoms with E-state index in [0.717, 1.165) is 19.5 Å². The molecule has 1 fully saturated rings. The molecule has 0 radical (unpaired) electrons. The Labute approximate surface area is 87.6 Å². The predicted molar refractivity (Wildman–Crippen MR) is 55.0 cm³/mol. The second-order valence-corrected chi connectivity index (χ2v) is 4.88. The fraction of sp³-hybridized carbons (Fsp3) is 0.889. The van der Waals surface area contributed by atoms with Crippen molar-refractivity contribution in [1.82, 2.24) is 4.90 Å². The molecule has 1 atom stereocenters. The van der Waals surface area contributed by atoms with Crippen molar-refractivity contribution >= 4 is 21.8 Å². The minimum absolute atomic E-state index is 0.107. The van der Waals surface area contributed by atoms with Crippen LogP contribution in [-0.4, -0.2) is 41.4 Å². The Balaban J connectivity index is 2.24. The Kier molecular flexibility index (Phi) is 4.19. The molecule has 1 rings (SSSR count). The van der Waals surface area contributed by atoms with Gasteiger partial charge in [0.05, 0.1) is 6.10 Å². The lowest BCUT2D eigenvalue weighted by atomic mass is 10.4. The lowest BCUT2D eigenvalue weighted by Crippen LogP contribution is -2.32. The molecular formula is C9H16BrNO2. The number of ether oxygens (including phenoxy) is 1. The Morgan fingerprint density at radius 3 is 2.85 bits per heavy atom.